The zero-order valence-electron chi connectivity index (χ0n) is 23.8. The molecule has 2 aromatic rings. The molecule has 40 heavy (non-hydrogen) atoms. The average Bonchev–Trinajstić information content (AvgIpc) is 3.49. The molecule has 1 atom stereocenters. The predicted octanol–water partition coefficient (Wildman–Crippen LogP) is 5.15. The van der Waals surface area contributed by atoms with Crippen molar-refractivity contribution in [3.63, 3.8) is 0 Å². The van der Waals surface area contributed by atoms with E-state index in [-0.39, 0.29) is 36.2 Å². The van der Waals surface area contributed by atoms with Gasteiger partial charge < -0.3 is 20.1 Å². The van der Waals surface area contributed by atoms with E-state index < -0.39 is 11.6 Å². The summed E-state index contributed by atoms with van der Waals surface area (Å²) in [6.07, 6.45) is 4.36. The third-order valence-corrected chi connectivity index (χ3v) is 8.84. The molecule has 212 valence electrons. The van der Waals surface area contributed by atoms with E-state index in [9.17, 15) is 14.4 Å². The Balaban J connectivity index is 1.42. The van der Waals surface area contributed by atoms with Gasteiger partial charge in [-0.2, -0.15) is 0 Å². The van der Waals surface area contributed by atoms with Crippen molar-refractivity contribution in [2.24, 2.45) is 16.3 Å². The maximum atomic E-state index is 14.2. The number of nitrogens with one attached hydrogen (secondary N) is 1. The van der Waals surface area contributed by atoms with E-state index in [2.05, 4.69) is 26.1 Å². The minimum Gasteiger partial charge on any atom is -0.493 e. The van der Waals surface area contributed by atoms with Gasteiger partial charge in [0.05, 0.1) is 19.1 Å². The van der Waals surface area contributed by atoms with E-state index in [4.69, 9.17) is 14.8 Å². The van der Waals surface area contributed by atoms with Crippen molar-refractivity contribution in [3.8, 4) is 5.75 Å². The highest BCUT2D eigenvalue weighted by Gasteiger charge is 2.52. The second-order valence-electron chi connectivity index (χ2n) is 12.4. The SMILES string of the molecule is C[C@H](c1ccc(C(=O)NCCC(=O)O)cc1)N1C(=O)C(c2ccc3c(c2)OCC3)=NC12CCC(C(C)(C)C)CC2. The summed E-state index contributed by atoms with van der Waals surface area (Å²) in [4.78, 5) is 44.6. The molecule has 0 bridgehead atoms. The molecule has 8 heteroatoms. The molecule has 0 aromatic heterocycles. The zero-order valence-corrected chi connectivity index (χ0v) is 23.8. The van der Waals surface area contributed by atoms with Crippen LogP contribution in [0.25, 0.3) is 0 Å². The molecule has 0 saturated heterocycles. The molecule has 2 amide bonds. The van der Waals surface area contributed by atoms with E-state index in [0.717, 1.165) is 54.5 Å². The first-order valence-electron chi connectivity index (χ1n) is 14.3. The van der Waals surface area contributed by atoms with Crippen LogP contribution in [0.5, 0.6) is 5.75 Å². The van der Waals surface area contributed by atoms with Gasteiger partial charge in [-0.15, -0.1) is 0 Å². The van der Waals surface area contributed by atoms with Gasteiger partial charge in [-0.3, -0.25) is 19.4 Å². The van der Waals surface area contributed by atoms with Gasteiger partial charge in [0.15, 0.2) is 0 Å². The van der Waals surface area contributed by atoms with Crippen molar-refractivity contribution in [2.45, 2.75) is 77.9 Å². The molecule has 2 aliphatic heterocycles. The zero-order chi connectivity index (χ0) is 28.7. The number of aliphatic imine (C=N–C) groups is 1. The fourth-order valence-electron chi connectivity index (χ4n) is 6.40. The fourth-order valence-corrected chi connectivity index (χ4v) is 6.40. The maximum Gasteiger partial charge on any atom is 0.305 e. The molecular weight excluding hydrogens is 506 g/mol. The number of rotatable bonds is 7. The van der Waals surface area contributed by atoms with Crippen LogP contribution in [0.1, 0.15) is 92.9 Å². The first-order valence-corrected chi connectivity index (χ1v) is 14.3. The normalized spacial score (nSPS) is 23.0. The topological polar surface area (TPSA) is 108 Å². The summed E-state index contributed by atoms with van der Waals surface area (Å²) in [7, 11) is 0. The van der Waals surface area contributed by atoms with Gasteiger partial charge >= 0.3 is 5.97 Å². The number of hydrogen-bond acceptors (Lipinski definition) is 5. The fraction of sp³-hybridized carbons (Fsp3) is 0.500. The first kappa shape index (κ1) is 27.9. The maximum absolute atomic E-state index is 14.2. The van der Waals surface area contributed by atoms with E-state index in [1.807, 2.05) is 42.2 Å². The van der Waals surface area contributed by atoms with Gasteiger partial charge in [-0.05, 0) is 73.3 Å². The summed E-state index contributed by atoms with van der Waals surface area (Å²) in [5.74, 6) is 0.0487. The lowest BCUT2D eigenvalue weighted by Gasteiger charge is -2.46. The van der Waals surface area contributed by atoms with E-state index in [0.29, 0.717) is 23.8 Å². The Morgan fingerprint density at radius 2 is 1.85 bits per heavy atom. The molecular formula is C32H39N3O5. The number of carbonyl (C=O) groups excluding carboxylic acids is 2. The number of benzene rings is 2. The van der Waals surface area contributed by atoms with Crippen LogP contribution < -0.4 is 10.1 Å². The van der Waals surface area contributed by atoms with Crippen LogP contribution in [0, 0.1) is 11.3 Å². The van der Waals surface area contributed by atoms with Crippen LogP contribution >= 0.6 is 0 Å². The quantitative estimate of drug-likeness (QED) is 0.500. The Morgan fingerprint density at radius 3 is 2.50 bits per heavy atom. The van der Waals surface area contributed by atoms with Crippen LogP contribution in [0.2, 0.25) is 0 Å². The van der Waals surface area contributed by atoms with Crippen molar-refractivity contribution in [1.29, 1.82) is 0 Å². The van der Waals surface area contributed by atoms with Crippen molar-refractivity contribution in [1.82, 2.24) is 10.2 Å². The van der Waals surface area contributed by atoms with E-state index in [1.54, 1.807) is 12.1 Å². The number of amides is 2. The average molecular weight is 546 g/mol. The molecule has 2 heterocycles. The van der Waals surface area contributed by atoms with Gasteiger partial charge in [0.1, 0.15) is 17.1 Å². The number of hydrogen-bond donors (Lipinski definition) is 2. The third kappa shape index (κ3) is 5.36. The molecule has 2 N–H and O–H groups in total. The Kier molecular flexibility index (Phi) is 7.46. The number of nitrogens with zero attached hydrogens (tertiary/aromatic N) is 2. The lowest BCUT2D eigenvalue weighted by atomic mass is 9.69. The second-order valence-corrected chi connectivity index (χ2v) is 12.4. The highest BCUT2D eigenvalue weighted by Crippen LogP contribution is 2.49. The molecule has 1 saturated carbocycles. The van der Waals surface area contributed by atoms with Crippen molar-refractivity contribution in [2.75, 3.05) is 13.2 Å². The Bertz CT molecular complexity index is 1330. The van der Waals surface area contributed by atoms with Crippen molar-refractivity contribution < 1.29 is 24.2 Å². The van der Waals surface area contributed by atoms with Gasteiger partial charge in [0.2, 0.25) is 0 Å². The lowest BCUT2D eigenvalue weighted by molar-refractivity contribution is -0.137. The minimum atomic E-state index is -0.959. The summed E-state index contributed by atoms with van der Waals surface area (Å²) >= 11 is 0. The summed E-state index contributed by atoms with van der Waals surface area (Å²) in [5.41, 5.74) is 3.41. The van der Waals surface area contributed by atoms with Crippen LogP contribution in [0.3, 0.4) is 0 Å². The highest BCUT2D eigenvalue weighted by atomic mass is 16.5. The molecule has 1 fully saturated rings. The first-order chi connectivity index (χ1) is 19.0. The third-order valence-electron chi connectivity index (χ3n) is 8.84. The highest BCUT2D eigenvalue weighted by molar-refractivity contribution is 6.46. The van der Waals surface area contributed by atoms with Crippen molar-refractivity contribution in [3.05, 3.63) is 64.7 Å². The number of ether oxygens (including phenoxy) is 1. The molecule has 3 aliphatic rings. The van der Waals surface area contributed by atoms with Gasteiger partial charge in [0, 0.05) is 24.1 Å². The number of aliphatic carboxylic acids is 1. The summed E-state index contributed by atoms with van der Waals surface area (Å²) in [5, 5.41) is 11.4. The number of carbonyl (C=O) groups is 3. The smallest absolute Gasteiger partial charge is 0.305 e. The summed E-state index contributed by atoms with van der Waals surface area (Å²) in [6, 6.07) is 12.9. The number of fused-ring (bicyclic) bond motifs is 1. The Morgan fingerprint density at radius 1 is 1.15 bits per heavy atom. The van der Waals surface area contributed by atoms with Crippen molar-refractivity contribution >= 4 is 23.5 Å². The standard InChI is InChI=1S/C32H39N3O5/c1-20(21-5-8-23(9-6-21)29(38)33-17-13-27(36)37)35-30(39)28(24-10-7-22-14-18-40-26(22)19-24)34-32(35)15-11-25(12-16-32)31(2,3)4/h5-10,19-20,25H,11-18H2,1-4H3,(H,33,38)(H,36,37)/t20-,25?,32?/m1/s1. The van der Waals surface area contributed by atoms with Gasteiger partial charge in [-0.25, -0.2) is 0 Å². The van der Waals surface area contributed by atoms with E-state index in [1.165, 1.54) is 0 Å². The van der Waals surface area contributed by atoms with Crippen LogP contribution in [-0.2, 0) is 16.0 Å². The number of carboxylic acid groups (broad SMARTS) is 1. The largest absolute Gasteiger partial charge is 0.493 e. The molecule has 8 nitrogen and oxygen atoms in total. The lowest BCUT2D eigenvalue weighted by Crippen LogP contribution is -2.50. The van der Waals surface area contributed by atoms with E-state index >= 15 is 0 Å². The Labute approximate surface area is 235 Å². The summed E-state index contributed by atoms with van der Waals surface area (Å²) < 4.78 is 5.79. The monoisotopic (exact) mass is 545 g/mol. The van der Waals surface area contributed by atoms with Crippen LogP contribution in [-0.4, -0.2) is 52.3 Å². The molecule has 5 rings (SSSR count). The molecule has 1 spiro atoms. The number of carboxylic acids is 1. The molecule has 0 radical (unpaired) electrons. The summed E-state index contributed by atoms with van der Waals surface area (Å²) in [6.45, 7) is 9.62. The predicted molar refractivity (Wildman–Crippen MR) is 153 cm³/mol. The van der Waals surface area contributed by atoms with Crippen LogP contribution in [0.15, 0.2) is 47.5 Å². The minimum absolute atomic E-state index is 0.0700. The van der Waals surface area contributed by atoms with Gasteiger partial charge in [-0.1, -0.05) is 45.0 Å². The molecule has 1 aliphatic carbocycles. The second kappa shape index (κ2) is 10.7. The van der Waals surface area contributed by atoms with Gasteiger partial charge in [0.25, 0.3) is 11.8 Å². The van der Waals surface area contributed by atoms with Crippen LogP contribution in [0.4, 0.5) is 0 Å². The molecule has 0 unspecified atom stereocenters. The Hall–Kier alpha value is -3.68. The molecule has 2 aromatic carbocycles.